The lowest BCUT2D eigenvalue weighted by molar-refractivity contribution is 0.153. The zero-order valence-corrected chi connectivity index (χ0v) is 11.7. The van der Waals surface area contributed by atoms with Crippen molar-refractivity contribution in [1.29, 1.82) is 0 Å². The summed E-state index contributed by atoms with van der Waals surface area (Å²) in [6.07, 6.45) is 5.56. The Morgan fingerprint density at radius 1 is 1.32 bits per heavy atom. The van der Waals surface area contributed by atoms with E-state index in [4.69, 9.17) is 4.74 Å². The molecule has 2 aliphatic heterocycles. The van der Waals surface area contributed by atoms with Crippen molar-refractivity contribution in [2.45, 2.75) is 25.3 Å². The van der Waals surface area contributed by atoms with Gasteiger partial charge >= 0.3 is 0 Å². The summed E-state index contributed by atoms with van der Waals surface area (Å²) in [6, 6.07) is 2.40. The fourth-order valence-corrected chi connectivity index (χ4v) is 3.42. The maximum Gasteiger partial charge on any atom is 0.228 e. The van der Waals surface area contributed by atoms with Crippen LogP contribution in [0.15, 0.2) is 12.3 Å². The number of aromatic nitrogens is 2. The first-order valence-corrected chi connectivity index (χ1v) is 7.10. The van der Waals surface area contributed by atoms with E-state index in [2.05, 4.69) is 26.8 Å². The molecule has 5 heteroatoms. The van der Waals surface area contributed by atoms with Crippen molar-refractivity contribution in [1.82, 2.24) is 14.9 Å². The Balaban J connectivity index is 1.82. The van der Waals surface area contributed by atoms with Crippen molar-refractivity contribution in [3.63, 3.8) is 0 Å². The van der Waals surface area contributed by atoms with Gasteiger partial charge in [0.1, 0.15) is 0 Å². The second kappa shape index (κ2) is 5.33. The van der Waals surface area contributed by atoms with Crippen LogP contribution in [0, 0.1) is 5.92 Å². The summed E-state index contributed by atoms with van der Waals surface area (Å²) < 4.78 is 5.21. The van der Waals surface area contributed by atoms with Crippen molar-refractivity contribution < 1.29 is 4.74 Å². The Morgan fingerprint density at radius 2 is 2.21 bits per heavy atom. The van der Waals surface area contributed by atoms with Crippen molar-refractivity contribution >= 4 is 5.95 Å². The molecule has 5 nitrogen and oxygen atoms in total. The first-order valence-electron chi connectivity index (χ1n) is 7.10. The van der Waals surface area contributed by atoms with E-state index in [9.17, 15) is 0 Å². The van der Waals surface area contributed by atoms with E-state index in [1.807, 2.05) is 0 Å². The van der Waals surface area contributed by atoms with Crippen LogP contribution in [0.3, 0.4) is 0 Å². The first kappa shape index (κ1) is 12.7. The maximum atomic E-state index is 5.21. The second-order valence-electron chi connectivity index (χ2n) is 5.61. The van der Waals surface area contributed by atoms with Crippen LogP contribution in [0.1, 0.15) is 19.3 Å². The van der Waals surface area contributed by atoms with Crippen LogP contribution in [0.25, 0.3) is 0 Å². The summed E-state index contributed by atoms with van der Waals surface area (Å²) in [5.41, 5.74) is 0. The maximum absolute atomic E-state index is 5.21. The Morgan fingerprint density at radius 3 is 3.05 bits per heavy atom. The molecule has 0 radical (unpaired) electrons. The summed E-state index contributed by atoms with van der Waals surface area (Å²) in [7, 11) is 3.87. The number of fused-ring (bicyclic) bond motifs is 1. The normalized spacial score (nSPS) is 28.0. The molecule has 0 aromatic carbocycles. The lowest BCUT2D eigenvalue weighted by Gasteiger charge is -2.46. The van der Waals surface area contributed by atoms with Gasteiger partial charge in [-0.1, -0.05) is 0 Å². The molecule has 2 atom stereocenters. The van der Waals surface area contributed by atoms with Gasteiger partial charge in [0, 0.05) is 31.4 Å². The summed E-state index contributed by atoms with van der Waals surface area (Å²) in [5.74, 6) is 2.24. The molecular formula is C14H22N4O. The molecule has 2 saturated heterocycles. The quantitative estimate of drug-likeness (QED) is 0.806. The molecule has 1 aromatic rings. The van der Waals surface area contributed by atoms with E-state index in [0.717, 1.165) is 18.4 Å². The highest BCUT2D eigenvalue weighted by Crippen LogP contribution is 2.32. The monoisotopic (exact) mass is 262 g/mol. The van der Waals surface area contributed by atoms with Gasteiger partial charge in [-0.2, -0.15) is 4.98 Å². The minimum atomic E-state index is 0.594. The largest absolute Gasteiger partial charge is 0.481 e. The van der Waals surface area contributed by atoms with Gasteiger partial charge in [-0.15, -0.1) is 0 Å². The third-order valence-corrected chi connectivity index (χ3v) is 4.35. The van der Waals surface area contributed by atoms with Crippen molar-refractivity contribution in [2.24, 2.45) is 5.92 Å². The predicted octanol–water partition coefficient (Wildman–Crippen LogP) is 1.41. The van der Waals surface area contributed by atoms with E-state index in [1.54, 1.807) is 19.4 Å². The molecule has 3 rings (SSSR count). The van der Waals surface area contributed by atoms with Crippen LogP contribution in [-0.2, 0) is 0 Å². The average molecular weight is 262 g/mol. The van der Waals surface area contributed by atoms with Gasteiger partial charge in [-0.05, 0) is 38.8 Å². The molecule has 3 heterocycles. The minimum Gasteiger partial charge on any atom is -0.481 e. The summed E-state index contributed by atoms with van der Waals surface area (Å²) >= 11 is 0. The number of nitrogens with zero attached hydrogens (tertiary/aromatic N) is 4. The third-order valence-electron chi connectivity index (χ3n) is 4.35. The molecule has 0 N–H and O–H groups in total. The summed E-state index contributed by atoms with van der Waals surface area (Å²) in [6.45, 7) is 3.44. The van der Waals surface area contributed by atoms with Gasteiger partial charge in [-0.3, -0.25) is 0 Å². The number of likely N-dealkylation sites (tertiary alicyclic amines) is 1. The molecule has 2 fully saturated rings. The molecule has 1 aromatic heterocycles. The van der Waals surface area contributed by atoms with Crippen LogP contribution in [0.5, 0.6) is 5.88 Å². The Labute approximate surface area is 114 Å². The minimum absolute atomic E-state index is 0.594. The molecule has 19 heavy (non-hydrogen) atoms. The summed E-state index contributed by atoms with van der Waals surface area (Å²) in [5, 5.41) is 0. The van der Waals surface area contributed by atoms with Gasteiger partial charge in [0.15, 0.2) is 0 Å². The number of ether oxygens (including phenoxy) is 1. The molecule has 0 saturated carbocycles. The van der Waals surface area contributed by atoms with E-state index >= 15 is 0 Å². The number of hydrogen-bond donors (Lipinski definition) is 0. The van der Waals surface area contributed by atoms with Crippen molar-refractivity contribution in [3.8, 4) is 5.88 Å². The number of rotatable bonds is 2. The Hall–Kier alpha value is -1.36. The van der Waals surface area contributed by atoms with Crippen LogP contribution in [-0.4, -0.2) is 54.7 Å². The number of piperidine rings is 2. The molecule has 0 bridgehead atoms. The summed E-state index contributed by atoms with van der Waals surface area (Å²) in [4.78, 5) is 13.8. The van der Waals surface area contributed by atoms with E-state index in [-0.39, 0.29) is 0 Å². The topological polar surface area (TPSA) is 41.5 Å². The second-order valence-corrected chi connectivity index (χ2v) is 5.61. The predicted molar refractivity (Wildman–Crippen MR) is 74.6 cm³/mol. The molecule has 0 aliphatic carbocycles. The van der Waals surface area contributed by atoms with E-state index < -0.39 is 0 Å². The molecule has 0 amide bonds. The van der Waals surface area contributed by atoms with Crippen LogP contribution in [0.4, 0.5) is 5.95 Å². The number of methoxy groups -OCH3 is 1. The molecule has 104 valence electrons. The number of hydrogen-bond acceptors (Lipinski definition) is 5. The Bertz CT molecular complexity index is 439. The van der Waals surface area contributed by atoms with Crippen LogP contribution in [0.2, 0.25) is 0 Å². The molecule has 0 unspecified atom stereocenters. The van der Waals surface area contributed by atoms with E-state index in [0.29, 0.717) is 11.9 Å². The highest BCUT2D eigenvalue weighted by Gasteiger charge is 2.36. The van der Waals surface area contributed by atoms with Gasteiger partial charge in [0.2, 0.25) is 11.8 Å². The lowest BCUT2D eigenvalue weighted by Crippen LogP contribution is -2.53. The fourth-order valence-electron chi connectivity index (χ4n) is 3.42. The third kappa shape index (κ3) is 2.52. The zero-order chi connectivity index (χ0) is 13.2. The van der Waals surface area contributed by atoms with Crippen molar-refractivity contribution in [3.05, 3.63) is 12.3 Å². The molecular weight excluding hydrogens is 240 g/mol. The number of anilines is 1. The highest BCUT2D eigenvalue weighted by molar-refractivity contribution is 5.35. The van der Waals surface area contributed by atoms with Gasteiger partial charge in [0.05, 0.1) is 7.11 Å². The Kier molecular flexibility index (Phi) is 3.55. The molecule has 0 spiro atoms. The van der Waals surface area contributed by atoms with Gasteiger partial charge in [-0.25, -0.2) is 4.98 Å². The van der Waals surface area contributed by atoms with E-state index in [1.165, 1.54) is 32.4 Å². The first-order chi connectivity index (χ1) is 9.28. The average Bonchev–Trinajstić information content (AvgIpc) is 2.46. The van der Waals surface area contributed by atoms with Gasteiger partial charge < -0.3 is 14.5 Å². The fraction of sp³-hybridized carbons (Fsp3) is 0.714. The standard InChI is InChI=1S/C14H22N4O/c1-17-9-6-12-11(10-17)4-3-8-18(12)14-15-7-5-13(16-14)19-2/h5,7,11-12H,3-4,6,8-10H2,1-2H3/t11-,12+/m0/s1. The highest BCUT2D eigenvalue weighted by atomic mass is 16.5. The van der Waals surface area contributed by atoms with Gasteiger partial charge in [0.25, 0.3) is 0 Å². The van der Waals surface area contributed by atoms with Crippen LogP contribution >= 0.6 is 0 Å². The SMILES string of the molecule is COc1ccnc(N2CCC[C@H]3CN(C)CC[C@H]32)n1. The zero-order valence-electron chi connectivity index (χ0n) is 11.7. The lowest BCUT2D eigenvalue weighted by atomic mass is 9.84. The smallest absolute Gasteiger partial charge is 0.228 e. The molecule has 2 aliphatic rings. The van der Waals surface area contributed by atoms with Crippen molar-refractivity contribution in [2.75, 3.05) is 38.7 Å². The van der Waals surface area contributed by atoms with Crippen LogP contribution < -0.4 is 9.64 Å².